The van der Waals surface area contributed by atoms with E-state index in [1.165, 1.54) is 12.1 Å². The summed E-state index contributed by atoms with van der Waals surface area (Å²) >= 11 is 7.49. The van der Waals surface area contributed by atoms with E-state index in [-0.39, 0.29) is 30.6 Å². The SMILES string of the molecule is CNC(=O)[C@@H](Cc1ccccc1)N(Cc1ccc(F)cc1)C(=O)CCSc1ccc(Cl)cc1. The Bertz CT molecular complexity index is 1050. The average Bonchev–Trinajstić information content (AvgIpc) is 2.83. The lowest BCUT2D eigenvalue weighted by Crippen LogP contribution is -2.49. The minimum atomic E-state index is -0.685. The molecule has 0 fully saturated rings. The Morgan fingerprint density at radius 1 is 0.970 bits per heavy atom. The number of thioether (sulfide) groups is 1. The van der Waals surface area contributed by atoms with Crippen molar-refractivity contribution in [2.75, 3.05) is 12.8 Å². The molecule has 3 aromatic rings. The van der Waals surface area contributed by atoms with Gasteiger partial charge < -0.3 is 10.2 Å². The quantitative estimate of drug-likeness (QED) is 0.395. The molecule has 1 N–H and O–H groups in total. The zero-order valence-electron chi connectivity index (χ0n) is 18.3. The van der Waals surface area contributed by atoms with Crippen LogP contribution in [0.5, 0.6) is 0 Å². The van der Waals surface area contributed by atoms with Gasteiger partial charge in [0.1, 0.15) is 11.9 Å². The van der Waals surface area contributed by atoms with Gasteiger partial charge in [-0.3, -0.25) is 9.59 Å². The molecule has 33 heavy (non-hydrogen) atoms. The fraction of sp³-hybridized carbons (Fsp3) is 0.231. The maximum atomic E-state index is 13.4. The second kappa shape index (κ2) is 12.4. The fourth-order valence-corrected chi connectivity index (χ4v) is 4.40. The van der Waals surface area contributed by atoms with E-state index in [4.69, 9.17) is 11.6 Å². The Morgan fingerprint density at radius 2 is 1.64 bits per heavy atom. The number of nitrogens with one attached hydrogen (secondary N) is 1. The summed E-state index contributed by atoms with van der Waals surface area (Å²) in [5, 5.41) is 3.35. The number of nitrogens with zero attached hydrogens (tertiary/aromatic N) is 1. The summed E-state index contributed by atoms with van der Waals surface area (Å²) in [6, 6.07) is 22.4. The number of hydrogen-bond acceptors (Lipinski definition) is 3. The molecule has 172 valence electrons. The largest absolute Gasteiger partial charge is 0.357 e. The van der Waals surface area contributed by atoms with Crippen LogP contribution in [0.3, 0.4) is 0 Å². The highest BCUT2D eigenvalue weighted by Gasteiger charge is 2.29. The maximum absolute atomic E-state index is 13.4. The smallest absolute Gasteiger partial charge is 0.242 e. The summed E-state index contributed by atoms with van der Waals surface area (Å²) in [4.78, 5) is 28.8. The lowest BCUT2D eigenvalue weighted by atomic mass is 10.0. The van der Waals surface area contributed by atoms with Gasteiger partial charge in [-0.2, -0.15) is 0 Å². The number of likely N-dealkylation sites (N-methyl/N-ethyl adjacent to an activating group) is 1. The van der Waals surface area contributed by atoms with Crippen LogP contribution >= 0.6 is 23.4 Å². The van der Waals surface area contributed by atoms with Crippen LogP contribution in [0.1, 0.15) is 17.5 Å². The highest BCUT2D eigenvalue weighted by Crippen LogP contribution is 2.22. The molecule has 0 aliphatic heterocycles. The molecule has 0 spiro atoms. The van der Waals surface area contributed by atoms with Gasteiger partial charge in [-0.15, -0.1) is 11.8 Å². The van der Waals surface area contributed by atoms with Crippen LogP contribution in [0, 0.1) is 5.82 Å². The molecule has 0 radical (unpaired) electrons. The Hall–Kier alpha value is -2.83. The lowest BCUT2D eigenvalue weighted by Gasteiger charge is -2.31. The standard InChI is InChI=1S/C26H26ClFN2O2S/c1-29-26(32)24(17-19-5-3-2-4-6-19)30(18-20-7-11-22(28)12-8-20)25(31)15-16-33-23-13-9-21(27)10-14-23/h2-14,24H,15-18H2,1H3,(H,29,32)/t24-/m1/s1. The Kier molecular flexibility index (Phi) is 9.34. The maximum Gasteiger partial charge on any atom is 0.242 e. The molecule has 0 saturated heterocycles. The van der Waals surface area contributed by atoms with Crippen molar-refractivity contribution in [3.05, 3.63) is 101 Å². The van der Waals surface area contributed by atoms with Gasteiger partial charge in [0.25, 0.3) is 0 Å². The molecule has 0 aliphatic carbocycles. The molecule has 2 amide bonds. The fourth-order valence-electron chi connectivity index (χ4n) is 3.44. The predicted octanol–water partition coefficient (Wildman–Crippen LogP) is 5.35. The summed E-state index contributed by atoms with van der Waals surface area (Å²) in [6.45, 7) is 0.218. The highest BCUT2D eigenvalue weighted by atomic mass is 35.5. The number of carbonyl (C=O) groups excluding carboxylic acids is 2. The molecule has 4 nitrogen and oxygen atoms in total. The van der Waals surface area contributed by atoms with Crippen molar-refractivity contribution in [2.45, 2.75) is 30.3 Å². The summed E-state index contributed by atoms with van der Waals surface area (Å²) in [6.07, 6.45) is 0.647. The van der Waals surface area contributed by atoms with Crippen LogP contribution in [0.4, 0.5) is 4.39 Å². The van der Waals surface area contributed by atoms with Crippen LogP contribution in [-0.4, -0.2) is 35.6 Å². The van der Waals surface area contributed by atoms with E-state index in [0.717, 1.165) is 16.0 Å². The van der Waals surface area contributed by atoms with Gasteiger partial charge in [0.05, 0.1) is 0 Å². The van der Waals surface area contributed by atoms with Crippen LogP contribution in [-0.2, 0) is 22.6 Å². The first-order valence-corrected chi connectivity index (χ1v) is 12.0. The minimum absolute atomic E-state index is 0.134. The number of amides is 2. The molecule has 0 saturated carbocycles. The van der Waals surface area contributed by atoms with E-state index in [1.54, 1.807) is 35.8 Å². The molecule has 0 aliphatic rings. The second-order valence-corrected chi connectivity index (χ2v) is 9.13. The topological polar surface area (TPSA) is 49.4 Å². The molecular formula is C26H26ClFN2O2S. The zero-order chi connectivity index (χ0) is 23.6. The van der Waals surface area contributed by atoms with Crippen molar-refractivity contribution in [1.82, 2.24) is 10.2 Å². The molecule has 3 aromatic carbocycles. The van der Waals surface area contributed by atoms with Crippen LogP contribution in [0.25, 0.3) is 0 Å². The third-order valence-corrected chi connectivity index (χ3v) is 6.45. The van der Waals surface area contributed by atoms with E-state index in [2.05, 4.69) is 5.32 Å². The van der Waals surface area contributed by atoms with Crippen molar-refractivity contribution >= 4 is 35.2 Å². The van der Waals surface area contributed by atoms with Crippen molar-refractivity contribution < 1.29 is 14.0 Å². The average molecular weight is 485 g/mol. The van der Waals surface area contributed by atoms with Gasteiger partial charge in [-0.25, -0.2) is 4.39 Å². The number of hydrogen-bond donors (Lipinski definition) is 1. The molecule has 0 bridgehead atoms. The van der Waals surface area contributed by atoms with Gasteiger partial charge in [0.2, 0.25) is 11.8 Å². The van der Waals surface area contributed by atoms with Gasteiger partial charge in [-0.05, 0) is 47.5 Å². The van der Waals surface area contributed by atoms with E-state index in [0.29, 0.717) is 17.2 Å². The van der Waals surface area contributed by atoms with Crippen molar-refractivity contribution in [2.24, 2.45) is 0 Å². The van der Waals surface area contributed by atoms with Crippen LogP contribution < -0.4 is 5.32 Å². The van der Waals surface area contributed by atoms with E-state index >= 15 is 0 Å². The summed E-state index contributed by atoms with van der Waals surface area (Å²) < 4.78 is 13.4. The summed E-state index contributed by atoms with van der Waals surface area (Å²) in [5.74, 6) is -0.153. The molecule has 1 atom stereocenters. The monoisotopic (exact) mass is 484 g/mol. The van der Waals surface area contributed by atoms with E-state index in [9.17, 15) is 14.0 Å². The number of halogens is 2. The second-order valence-electron chi connectivity index (χ2n) is 7.52. The van der Waals surface area contributed by atoms with Gasteiger partial charge in [0.15, 0.2) is 0 Å². The molecule has 3 rings (SSSR count). The molecule has 0 heterocycles. The lowest BCUT2D eigenvalue weighted by molar-refractivity contribution is -0.140. The number of carbonyl (C=O) groups is 2. The van der Waals surface area contributed by atoms with E-state index in [1.807, 2.05) is 54.6 Å². The van der Waals surface area contributed by atoms with E-state index < -0.39 is 6.04 Å². The minimum Gasteiger partial charge on any atom is -0.357 e. The molecule has 7 heteroatoms. The Balaban J connectivity index is 1.79. The molecule has 0 aromatic heterocycles. The number of benzene rings is 3. The summed E-state index contributed by atoms with van der Waals surface area (Å²) in [7, 11) is 1.57. The molecule has 0 unspecified atom stereocenters. The summed E-state index contributed by atoms with van der Waals surface area (Å²) in [5.41, 5.74) is 1.72. The van der Waals surface area contributed by atoms with Crippen LogP contribution in [0.2, 0.25) is 5.02 Å². The first kappa shape index (κ1) is 24.8. The van der Waals surface area contributed by atoms with Crippen molar-refractivity contribution in [3.8, 4) is 0 Å². The normalized spacial score (nSPS) is 11.6. The first-order chi connectivity index (χ1) is 16.0. The molecular weight excluding hydrogens is 459 g/mol. The third kappa shape index (κ3) is 7.62. The Morgan fingerprint density at radius 3 is 2.27 bits per heavy atom. The highest BCUT2D eigenvalue weighted by molar-refractivity contribution is 7.99. The zero-order valence-corrected chi connectivity index (χ0v) is 19.9. The van der Waals surface area contributed by atoms with Gasteiger partial charge in [-0.1, -0.05) is 54.1 Å². The number of rotatable bonds is 10. The predicted molar refractivity (Wildman–Crippen MR) is 132 cm³/mol. The first-order valence-electron chi connectivity index (χ1n) is 10.6. The van der Waals surface area contributed by atoms with Gasteiger partial charge >= 0.3 is 0 Å². The Labute approximate surface area is 203 Å². The third-order valence-electron chi connectivity index (χ3n) is 5.18. The van der Waals surface area contributed by atoms with Crippen LogP contribution in [0.15, 0.2) is 83.8 Å². The van der Waals surface area contributed by atoms with Crippen molar-refractivity contribution in [1.29, 1.82) is 0 Å². The van der Waals surface area contributed by atoms with Gasteiger partial charge in [0, 0.05) is 42.1 Å². The van der Waals surface area contributed by atoms with Crippen molar-refractivity contribution in [3.63, 3.8) is 0 Å².